The third kappa shape index (κ3) is 5.66. The second kappa shape index (κ2) is 9.04. The Labute approximate surface area is 146 Å². The summed E-state index contributed by atoms with van der Waals surface area (Å²) in [5, 5.41) is 9.84. The molecule has 0 unspecified atom stereocenters. The van der Waals surface area contributed by atoms with Crippen molar-refractivity contribution < 1.29 is 0 Å². The van der Waals surface area contributed by atoms with Gasteiger partial charge in [-0.25, -0.2) is 4.98 Å². The van der Waals surface area contributed by atoms with E-state index in [2.05, 4.69) is 45.2 Å². The van der Waals surface area contributed by atoms with Crippen LogP contribution in [0.3, 0.4) is 0 Å². The quantitative estimate of drug-likeness (QED) is 0.445. The molecule has 0 aromatic carbocycles. The van der Waals surface area contributed by atoms with Gasteiger partial charge in [-0.2, -0.15) is 0 Å². The number of hydrogen-bond acceptors (Lipinski definition) is 3. The van der Waals surface area contributed by atoms with Crippen LogP contribution >= 0.6 is 35.3 Å². The first-order valence-electron chi connectivity index (χ1n) is 6.70. The van der Waals surface area contributed by atoms with Gasteiger partial charge in [-0.05, 0) is 18.1 Å². The summed E-state index contributed by atoms with van der Waals surface area (Å²) >= 11 is 1.71. The van der Waals surface area contributed by atoms with Crippen LogP contribution in [-0.2, 0) is 26.6 Å². The van der Waals surface area contributed by atoms with E-state index >= 15 is 0 Å². The fraction of sp³-hybridized carbons (Fsp3) is 0.429. The Morgan fingerprint density at radius 2 is 2.14 bits per heavy atom. The van der Waals surface area contributed by atoms with Crippen LogP contribution in [0, 0.1) is 0 Å². The molecule has 0 spiro atoms. The van der Waals surface area contributed by atoms with Crippen molar-refractivity contribution >= 4 is 41.3 Å². The van der Waals surface area contributed by atoms with Crippen LogP contribution in [0.5, 0.6) is 0 Å². The molecule has 0 saturated carbocycles. The lowest BCUT2D eigenvalue weighted by atomic mass is 10.3. The van der Waals surface area contributed by atoms with Crippen LogP contribution in [-0.4, -0.2) is 22.6 Å². The summed E-state index contributed by atoms with van der Waals surface area (Å²) in [6, 6.07) is 2.09. The Hall–Kier alpha value is -1.09. The highest BCUT2D eigenvalue weighted by atomic mass is 127. The summed E-state index contributed by atoms with van der Waals surface area (Å²) in [6.07, 6.45) is 5.12. The normalized spacial score (nSPS) is 11.1. The third-order valence-corrected chi connectivity index (χ3v) is 3.96. The van der Waals surface area contributed by atoms with Crippen molar-refractivity contribution in [3.8, 4) is 0 Å². The largest absolute Gasteiger partial charge is 0.357 e. The van der Waals surface area contributed by atoms with E-state index in [1.54, 1.807) is 18.4 Å². The van der Waals surface area contributed by atoms with E-state index in [0.717, 1.165) is 24.6 Å². The number of aryl methyl sites for hydroxylation is 2. The van der Waals surface area contributed by atoms with Crippen LogP contribution in [0.4, 0.5) is 0 Å². The van der Waals surface area contributed by atoms with Crippen molar-refractivity contribution in [3.05, 3.63) is 40.1 Å². The number of rotatable bonds is 5. The third-order valence-electron chi connectivity index (χ3n) is 2.92. The lowest BCUT2D eigenvalue weighted by molar-refractivity contribution is 0.793. The topological polar surface area (TPSA) is 54.2 Å². The van der Waals surface area contributed by atoms with Crippen molar-refractivity contribution in [1.29, 1.82) is 0 Å². The number of thiazole rings is 1. The van der Waals surface area contributed by atoms with E-state index in [1.807, 2.05) is 17.8 Å². The lowest BCUT2D eigenvalue weighted by Crippen LogP contribution is -2.36. The smallest absolute Gasteiger partial charge is 0.191 e. The molecule has 2 rings (SSSR count). The molecule has 0 saturated heterocycles. The van der Waals surface area contributed by atoms with Crippen molar-refractivity contribution in [2.24, 2.45) is 12.0 Å². The Morgan fingerprint density at radius 1 is 1.38 bits per heavy atom. The van der Waals surface area contributed by atoms with E-state index in [1.165, 1.54) is 10.6 Å². The maximum atomic E-state index is 4.53. The first-order chi connectivity index (χ1) is 9.71. The summed E-state index contributed by atoms with van der Waals surface area (Å²) in [6.45, 7) is 3.58. The molecule has 2 heterocycles. The molecular weight excluding hydrogens is 397 g/mol. The van der Waals surface area contributed by atoms with Crippen LogP contribution in [0.2, 0.25) is 0 Å². The average Bonchev–Trinajstić information content (AvgIpc) is 3.08. The molecule has 0 fully saturated rings. The second-order valence-electron chi connectivity index (χ2n) is 4.55. The Bertz CT molecular complexity index is 575. The van der Waals surface area contributed by atoms with Gasteiger partial charge in [0.2, 0.25) is 0 Å². The highest BCUT2D eigenvalue weighted by molar-refractivity contribution is 14.0. The van der Waals surface area contributed by atoms with Crippen LogP contribution in [0.1, 0.15) is 23.2 Å². The number of guanidine groups is 1. The summed E-state index contributed by atoms with van der Waals surface area (Å²) < 4.78 is 2.04. The highest BCUT2D eigenvalue weighted by Gasteiger charge is 2.03. The van der Waals surface area contributed by atoms with Gasteiger partial charge in [-0.1, -0.05) is 6.92 Å². The first kappa shape index (κ1) is 18.0. The van der Waals surface area contributed by atoms with Crippen LogP contribution < -0.4 is 10.6 Å². The van der Waals surface area contributed by atoms with Gasteiger partial charge in [0.15, 0.2) is 5.96 Å². The van der Waals surface area contributed by atoms with Gasteiger partial charge in [0.25, 0.3) is 0 Å². The predicted molar refractivity (Wildman–Crippen MR) is 99.4 cm³/mol. The van der Waals surface area contributed by atoms with E-state index in [0.29, 0.717) is 6.54 Å². The molecule has 7 heteroatoms. The Kier molecular flexibility index (Phi) is 7.73. The minimum absolute atomic E-state index is 0. The molecule has 5 nitrogen and oxygen atoms in total. The molecule has 0 atom stereocenters. The van der Waals surface area contributed by atoms with Crippen LogP contribution in [0.25, 0.3) is 0 Å². The van der Waals surface area contributed by atoms with Gasteiger partial charge in [0, 0.05) is 38.4 Å². The van der Waals surface area contributed by atoms with E-state index in [-0.39, 0.29) is 24.0 Å². The van der Waals surface area contributed by atoms with Gasteiger partial charge >= 0.3 is 0 Å². The minimum atomic E-state index is 0. The van der Waals surface area contributed by atoms with Crippen molar-refractivity contribution in [2.45, 2.75) is 26.4 Å². The predicted octanol–water partition coefficient (Wildman–Crippen LogP) is 2.53. The summed E-state index contributed by atoms with van der Waals surface area (Å²) in [7, 11) is 3.79. The summed E-state index contributed by atoms with van der Waals surface area (Å²) in [4.78, 5) is 8.74. The number of nitrogens with zero attached hydrogens (tertiary/aromatic N) is 3. The number of aliphatic imine (C=N–C) groups is 1. The van der Waals surface area contributed by atoms with Crippen molar-refractivity contribution in [1.82, 2.24) is 20.2 Å². The maximum Gasteiger partial charge on any atom is 0.191 e. The molecule has 2 aromatic heterocycles. The van der Waals surface area contributed by atoms with Gasteiger partial charge in [0.05, 0.1) is 17.2 Å². The Balaban J connectivity index is 0.00000220. The fourth-order valence-electron chi connectivity index (χ4n) is 1.84. The number of nitrogens with one attached hydrogen (secondary N) is 2. The van der Waals surface area contributed by atoms with Gasteiger partial charge in [-0.3, -0.25) is 4.99 Å². The van der Waals surface area contributed by atoms with Gasteiger partial charge < -0.3 is 15.2 Å². The molecule has 0 amide bonds. The van der Waals surface area contributed by atoms with E-state index < -0.39 is 0 Å². The Morgan fingerprint density at radius 3 is 2.71 bits per heavy atom. The number of halogens is 1. The number of aromatic nitrogens is 2. The molecule has 2 N–H and O–H groups in total. The lowest BCUT2D eigenvalue weighted by Gasteiger charge is -2.10. The monoisotopic (exact) mass is 419 g/mol. The molecule has 116 valence electrons. The summed E-state index contributed by atoms with van der Waals surface area (Å²) in [5.74, 6) is 0.792. The zero-order chi connectivity index (χ0) is 14.4. The van der Waals surface area contributed by atoms with Crippen LogP contribution in [0.15, 0.2) is 28.8 Å². The minimum Gasteiger partial charge on any atom is -0.357 e. The highest BCUT2D eigenvalue weighted by Crippen LogP contribution is 2.09. The number of hydrogen-bond donors (Lipinski definition) is 2. The second-order valence-corrected chi connectivity index (χ2v) is 5.49. The van der Waals surface area contributed by atoms with Gasteiger partial charge in [0.1, 0.15) is 0 Å². The average molecular weight is 419 g/mol. The molecule has 0 radical (unpaired) electrons. The maximum absolute atomic E-state index is 4.53. The summed E-state index contributed by atoms with van der Waals surface area (Å²) in [5.41, 5.74) is 2.30. The molecule has 0 bridgehead atoms. The SMILES string of the molecule is CCc1nc(CNC(=NC)NCc2ccn(C)c2)cs1.I. The van der Waals surface area contributed by atoms with E-state index in [4.69, 9.17) is 0 Å². The van der Waals surface area contributed by atoms with Crippen molar-refractivity contribution in [2.75, 3.05) is 7.05 Å². The first-order valence-corrected chi connectivity index (χ1v) is 7.58. The fourth-order valence-corrected chi connectivity index (χ4v) is 2.58. The molecule has 2 aromatic rings. The molecular formula is C14H22IN5S. The standard InChI is InChI=1S/C14H21N5S.HI/c1-4-13-18-12(10-20-13)8-17-14(15-2)16-7-11-5-6-19(3)9-11;/h5-6,9-10H,4,7-8H2,1-3H3,(H2,15,16,17);1H. The molecule has 21 heavy (non-hydrogen) atoms. The zero-order valence-electron chi connectivity index (χ0n) is 12.6. The zero-order valence-corrected chi connectivity index (χ0v) is 15.7. The molecule has 0 aliphatic carbocycles. The molecule has 0 aliphatic rings. The molecule has 0 aliphatic heterocycles. The van der Waals surface area contributed by atoms with Crippen molar-refractivity contribution in [3.63, 3.8) is 0 Å². The van der Waals surface area contributed by atoms with E-state index in [9.17, 15) is 0 Å². The van der Waals surface area contributed by atoms with Gasteiger partial charge in [-0.15, -0.1) is 35.3 Å².